The van der Waals surface area contributed by atoms with Crippen LogP contribution in [0.1, 0.15) is 37.8 Å². The number of hydrogen-bond donors (Lipinski definition) is 2. The van der Waals surface area contributed by atoms with Crippen LogP contribution in [0.2, 0.25) is 0 Å². The Balaban J connectivity index is 0.00000300. The number of rotatable bonds is 6. The average molecular weight is 423 g/mol. The van der Waals surface area contributed by atoms with Gasteiger partial charge in [-0.3, -0.25) is 14.4 Å². The summed E-state index contributed by atoms with van der Waals surface area (Å²) in [5.41, 5.74) is 6.51. The molecule has 0 saturated carbocycles. The van der Waals surface area contributed by atoms with Gasteiger partial charge in [-0.2, -0.15) is 0 Å². The molecule has 2 fully saturated rings. The number of nitrogens with zero attached hydrogens (tertiary/aromatic N) is 2. The van der Waals surface area contributed by atoms with E-state index in [1.54, 1.807) is 9.80 Å². The number of carbonyl (C=O) groups excluding carboxylic acids is 3. The lowest BCUT2D eigenvalue weighted by Crippen LogP contribution is -2.48. The lowest BCUT2D eigenvalue weighted by Gasteiger charge is -2.33. The van der Waals surface area contributed by atoms with Crippen molar-refractivity contribution in [2.45, 2.75) is 32.2 Å². The van der Waals surface area contributed by atoms with Crippen LogP contribution in [-0.2, 0) is 14.4 Å². The number of carbonyl (C=O) groups is 3. The van der Waals surface area contributed by atoms with Crippen molar-refractivity contribution in [1.29, 1.82) is 0 Å². The molecular weight excluding hydrogens is 392 g/mol. The third kappa shape index (κ3) is 5.48. The molecule has 0 radical (unpaired) electrons. The molecule has 1 aromatic carbocycles. The second kappa shape index (κ2) is 10.6. The molecule has 7 nitrogen and oxygen atoms in total. The van der Waals surface area contributed by atoms with Crippen LogP contribution in [0.25, 0.3) is 0 Å². The fourth-order valence-corrected chi connectivity index (χ4v) is 4.17. The largest absolute Gasteiger partial charge is 0.355 e. The van der Waals surface area contributed by atoms with Crippen molar-refractivity contribution in [3.8, 4) is 0 Å². The Morgan fingerprint density at radius 1 is 1.21 bits per heavy atom. The van der Waals surface area contributed by atoms with Crippen molar-refractivity contribution in [2.24, 2.45) is 17.6 Å². The van der Waals surface area contributed by atoms with Gasteiger partial charge in [-0.15, -0.1) is 12.4 Å². The van der Waals surface area contributed by atoms with Gasteiger partial charge in [0.15, 0.2) is 0 Å². The molecule has 0 aromatic heterocycles. The van der Waals surface area contributed by atoms with Crippen molar-refractivity contribution >= 4 is 30.1 Å². The summed E-state index contributed by atoms with van der Waals surface area (Å²) >= 11 is 0. The molecule has 8 heteroatoms. The van der Waals surface area contributed by atoms with E-state index < -0.39 is 0 Å². The number of piperidine rings is 1. The Labute approximate surface area is 178 Å². The van der Waals surface area contributed by atoms with Crippen molar-refractivity contribution in [3.63, 3.8) is 0 Å². The van der Waals surface area contributed by atoms with E-state index in [4.69, 9.17) is 5.73 Å². The molecule has 2 saturated heterocycles. The van der Waals surface area contributed by atoms with Gasteiger partial charge in [-0.05, 0) is 25.3 Å². The van der Waals surface area contributed by atoms with E-state index in [-0.39, 0.29) is 54.4 Å². The Bertz CT molecular complexity index is 715. The third-order valence-corrected chi connectivity index (χ3v) is 5.80. The maximum atomic E-state index is 13.0. The highest BCUT2D eigenvalue weighted by Crippen LogP contribution is 2.30. The number of likely N-dealkylation sites (tertiary alicyclic amines) is 2. The molecule has 29 heavy (non-hydrogen) atoms. The summed E-state index contributed by atoms with van der Waals surface area (Å²) in [5, 5.41) is 2.81. The summed E-state index contributed by atoms with van der Waals surface area (Å²) in [5.74, 6) is -0.550. The van der Waals surface area contributed by atoms with Crippen molar-refractivity contribution < 1.29 is 14.4 Å². The zero-order chi connectivity index (χ0) is 20.1. The van der Waals surface area contributed by atoms with Crippen LogP contribution in [0.3, 0.4) is 0 Å². The molecule has 3 rings (SSSR count). The highest BCUT2D eigenvalue weighted by atomic mass is 35.5. The predicted molar refractivity (Wildman–Crippen MR) is 113 cm³/mol. The standard InChI is InChI=1S/C21H30N4O3.ClH/c1-15(16-6-3-2-4-7-16)25-14-18(12-19(25)26)21(28)24-11-5-8-17(13-24)20(27)23-10-9-22;/h2-4,6-7,15,17-18H,5,8-14,22H2,1H3,(H,23,27);1H. The lowest BCUT2D eigenvalue weighted by molar-refractivity contribution is -0.139. The Kier molecular flexibility index (Phi) is 8.46. The summed E-state index contributed by atoms with van der Waals surface area (Å²) in [6.45, 7) is 4.37. The van der Waals surface area contributed by atoms with Crippen LogP contribution in [-0.4, -0.2) is 60.2 Å². The summed E-state index contributed by atoms with van der Waals surface area (Å²) in [7, 11) is 0. The molecule has 3 N–H and O–H groups in total. The molecule has 2 aliphatic rings. The number of nitrogens with two attached hydrogens (primary N) is 1. The van der Waals surface area contributed by atoms with Crippen LogP contribution in [0, 0.1) is 11.8 Å². The quantitative estimate of drug-likeness (QED) is 0.722. The topological polar surface area (TPSA) is 95.7 Å². The summed E-state index contributed by atoms with van der Waals surface area (Å²) in [4.78, 5) is 41.4. The summed E-state index contributed by atoms with van der Waals surface area (Å²) in [6.07, 6.45) is 1.83. The van der Waals surface area contributed by atoms with Gasteiger partial charge in [0.1, 0.15) is 0 Å². The second-order valence-electron chi connectivity index (χ2n) is 7.74. The van der Waals surface area contributed by atoms with Crippen molar-refractivity contribution in [2.75, 3.05) is 32.7 Å². The van der Waals surface area contributed by atoms with Gasteiger partial charge in [-0.1, -0.05) is 30.3 Å². The van der Waals surface area contributed by atoms with Crippen LogP contribution < -0.4 is 11.1 Å². The van der Waals surface area contributed by atoms with Crippen LogP contribution in [0.15, 0.2) is 30.3 Å². The van der Waals surface area contributed by atoms with E-state index in [1.807, 2.05) is 37.3 Å². The normalized spacial score (nSPS) is 22.8. The first-order valence-electron chi connectivity index (χ1n) is 10.1. The molecule has 2 aliphatic heterocycles. The Morgan fingerprint density at radius 2 is 1.93 bits per heavy atom. The van der Waals surface area contributed by atoms with Crippen molar-refractivity contribution in [1.82, 2.24) is 15.1 Å². The highest BCUT2D eigenvalue weighted by molar-refractivity contribution is 5.90. The Morgan fingerprint density at radius 3 is 2.62 bits per heavy atom. The van der Waals surface area contributed by atoms with Crippen molar-refractivity contribution in [3.05, 3.63) is 35.9 Å². The molecule has 3 atom stereocenters. The number of hydrogen-bond acceptors (Lipinski definition) is 4. The van der Waals surface area contributed by atoms with Gasteiger partial charge >= 0.3 is 0 Å². The monoisotopic (exact) mass is 422 g/mol. The van der Waals surface area contributed by atoms with Gasteiger partial charge in [0.05, 0.1) is 17.9 Å². The molecule has 3 unspecified atom stereocenters. The molecule has 0 aliphatic carbocycles. The molecule has 0 bridgehead atoms. The van der Waals surface area contributed by atoms with E-state index in [0.717, 1.165) is 18.4 Å². The number of amides is 3. The fraction of sp³-hybridized carbons (Fsp3) is 0.571. The van der Waals surface area contributed by atoms with Gasteiger partial charge < -0.3 is 20.9 Å². The number of halogens is 1. The predicted octanol–water partition coefficient (Wildman–Crippen LogP) is 1.33. The van der Waals surface area contributed by atoms with Gasteiger partial charge in [0.25, 0.3) is 0 Å². The molecule has 160 valence electrons. The second-order valence-corrected chi connectivity index (χ2v) is 7.74. The summed E-state index contributed by atoms with van der Waals surface area (Å²) < 4.78 is 0. The molecule has 0 spiro atoms. The number of nitrogens with one attached hydrogen (secondary N) is 1. The van der Waals surface area contributed by atoms with E-state index in [9.17, 15) is 14.4 Å². The van der Waals surface area contributed by atoms with E-state index >= 15 is 0 Å². The fourth-order valence-electron chi connectivity index (χ4n) is 4.17. The van der Waals surface area contributed by atoms with E-state index in [0.29, 0.717) is 32.7 Å². The average Bonchev–Trinajstić information content (AvgIpc) is 3.13. The minimum absolute atomic E-state index is 0. The molecule has 2 heterocycles. The minimum Gasteiger partial charge on any atom is -0.355 e. The minimum atomic E-state index is -0.329. The SMILES string of the molecule is CC(c1ccccc1)N1CC(C(=O)N2CCCC(C(=O)NCCN)C2)CC1=O.Cl. The highest BCUT2D eigenvalue weighted by Gasteiger charge is 2.40. The van der Waals surface area contributed by atoms with Crippen LogP contribution in [0.4, 0.5) is 0 Å². The first-order chi connectivity index (χ1) is 13.5. The number of benzene rings is 1. The maximum Gasteiger partial charge on any atom is 0.228 e. The molecule has 3 amide bonds. The Hall–Kier alpha value is -2.12. The van der Waals surface area contributed by atoms with Gasteiger partial charge in [0.2, 0.25) is 17.7 Å². The lowest BCUT2D eigenvalue weighted by atomic mass is 9.95. The zero-order valence-electron chi connectivity index (χ0n) is 16.9. The molecular formula is C21H31ClN4O3. The maximum absolute atomic E-state index is 13.0. The van der Waals surface area contributed by atoms with Gasteiger partial charge in [-0.25, -0.2) is 0 Å². The molecule has 1 aromatic rings. The van der Waals surface area contributed by atoms with E-state index in [2.05, 4.69) is 5.32 Å². The van der Waals surface area contributed by atoms with Gasteiger partial charge in [0, 0.05) is 39.1 Å². The van der Waals surface area contributed by atoms with Crippen LogP contribution in [0.5, 0.6) is 0 Å². The zero-order valence-corrected chi connectivity index (χ0v) is 17.7. The third-order valence-electron chi connectivity index (χ3n) is 5.80. The smallest absolute Gasteiger partial charge is 0.228 e. The first kappa shape index (κ1) is 23.2. The van der Waals surface area contributed by atoms with E-state index in [1.165, 1.54) is 0 Å². The first-order valence-corrected chi connectivity index (χ1v) is 10.1. The van der Waals surface area contributed by atoms with Crippen LogP contribution >= 0.6 is 12.4 Å². The summed E-state index contributed by atoms with van der Waals surface area (Å²) in [6, 6.07) is 9.81.